The Bertz CT molecular complexity index is 248. The summed E-state index contributed by atoms with van der Waals surface area (Å²) in [6, 6.07) is -0.191. The average Bonchev–Trinajstić information content (AvgIpc) is 2.26. The number of alkyl halides is 1. The van der Waals surface area contributed by atoms with Gasteiger partial charge >= 0.3 is 5.97 Å². The van der Waals surface area contributed by atoms with Gasteiger partial charge in [-0.05, 0) is 12.8 Å². The molecule has 1 aliphatic heterocycles. The molecule has 1 heterocycles. The Balaban J connectivity index is 2.29. The topological polar surface area (TPSA) is 67.4 Å². The van der Waals surface area contributed by atoms with Crippen molar-refractivity contribution in [2.45, 2.75) is 23.7 Å². The number of nitrogens with one attached hydrogen (secondary N) is 2. The minimum atomic E-state index is -0.405. The third kappa shape index (κ3) is 3.79. The highest BCUT2D eigenvalue weighted by Gasteiger charge is 2.23. The van der Waals surface area contributed by atoms with Gasteiger partial charge in [-0.15, -0.1) is 0 Å². The van der Waals surface area contributed by atoms with E-state index in [1.165, 1.54) is 7.11 Å². The number of halogens is 1. The molecule has 1 amide bonds. The minimum absolute atomic E-state index is 0.00539. The van der Waals surface area contributed by atoms with Crippen molar-refractivity contribution in [3.05, 3.63) is 0 Å². The third-order valence-electron chi connectivity index (χ3n) is 2.29. The number of hydrogen-bond acceptors (Lipinski definition) is 4. The molecule has 0 aromatic heterocycles. The molecule has 2 atom stereocenters. The molecule has 0 radical (unpaired) electrons. The largest absolute Gasteiger partial charge is 0.468 e. The van der Waals surface area contributed by atoms with E-state index < -0.39 is 4.83 Å². The van der Waals surface area contributed by atoms with Gasteiger partial charge in [0.15, 0.2) is 0 Å². The van der Waals surface area contributed by atoms with Crippen LogP contribution in [0.4, 0.5) is 0 Å². The van der Waals surface area contributed by atoms with Gasteiger partial charge in [0.1, 0.15) is 4.83 Å². The van der Waals surface area contributed by atoms with Crippen LogP contribution < -0.4 is 10.6 Å². The summed E-state index contributed by atoms with van der Waals surface area (Å²) in [5.74, 6) is -0.329. The first-order valence-corrected chi connectivity index (χ1v) is 5.79. The number of carbonyl (C=O) groups is 2. The van der Waals surface area contributed by atoms with Crippen LogP contribution in [0.2, 0.25) is 0 Å². The van der Waals surface area contributed by atoms with Crippen LogP contribution in [-0.4, -0.2) is 42.9 Å². The highest BCUT2D eigenvalue weighted by atomic mass is 79.9. The molecule has 1 aliphatic rings. The fourth-order valence-electron chi connectivity index (χ4n) is 1.42. The van der Waals surface area contributed by atoms with Crippen LogP contribution in [0.3, 0.4) is 0 Å². The van der Waals surface area contributed by atoms with Crippen LogP contribution in [0.1, 0.15) is 12.8 Å². The van der Waals surface area contributed by atoms with Crippen LogP contribution >= 0.6 is 15.9 Å². The smallest absolute Gasteiger partial charge is 0.320 e. The first-order chi connectivity index (χ1) is 7.15. The second-order valence-electron chi connectivity index (χ2n) is 3.38. The average molecular weight is 279 g/mol. The van der Waals surface area contributed by atoms with Crippen molar-refractivity contribution in [2.75, 3.05) is 20.2 Å². The second kappa shape index (κ2) is 6.07. The lowest BCUT2D eigenvalue weighted by atomic mass is 10.1. The first-order valence-electron chi connectivity index (χ1n) is 4.88. The molecular formula is C9H15BrN2O3. The van der Waals surface area contributed by atoms with Crippen molar-refractivity contribution in [1.29, 1.82) is 0 Å². The Morgan fingerprint density at radius 3 is 3.13 bits per heavy atom. The minimum Gasteiger partial charge on any atom is -0.468 e. The van der Waals surface area contributed by atoms with Crippen LogP contribution in [-0.2, 0) is 14.3 Å². The van der Waals surface area contributed by atoms with E-state index in [1.807, 2.05) is 0 Å². The Hall–Kier alpha value is -0.620. The van der Waals surface area contributed by atoms with Gasteiger partial charge in [0.05, 0.1) is 13.2 Å². The zero-order chi connectivity index (χ0) is 11.3. The van der Waals surface area contributed by atoms with Crippen LogP contribution in [0, 0.1) is 0 Å². The quantitative estimate of drug-likeness (QED) is 0.552. The zero-order valence-corrected chi connectivity index (χ0v) is 10.2. The van der Waals surface area contributed by atoms with Crippen molar-refractivity contribution < 1.29 is 14.3 Å². The molecule has 2 unspecified atom stereocenters. The number of piperidine rings is 1. The maximum absolute atomic E-state index is 11.3. The summed E-state index contributed by atoms with van der Waals surface area (Å²) >= 11 is 3.18. The van der Waals surface area contributed by atoms with Crippen molar-refractivity contribution in [2.24, 2.45) is 0 Å². The fourth-order valence-corrected chi connectivity index (χ4v) is 1.80. The zero-order valence-electron chi connectivity index (χ0n) is 8.59. The van der Waals surface area contributed by atoms with Gasteiger partial charge in [0.25, 0.3) is 0 Å². The molecule has 0 aromatic carbocycles. The number of ether oxygens (including phenoxy) is 1. The lowest BCUT2D eigenvalue weighted by Crippen LogP contribution is -2.50. The number of hydrogen-bond donors (Lipinski definition) is 2. The van der Waals surface area contributed by atoms with Gasteiger partial charge in [-0.1, -0.05) is 15.9 Å². The Morgan fingerprint density at radius 2 is 2.53 bits per heavy atom. The summed E-state index contributed by atoms with van der Waals surface area (Å²) in [7, 11) is 1.34. The van der Waals surface area contributed by atoms with Gasteiger partial charge in [-0.3, -0.25) is 9.59 Å². The summed E-state index contributed by atoms with van der Waals surface area (Å²) in [5.41, 5.74) is 0. The molecule has 2 N–H and O–H groups in total. The molecule has 1 saturated heterocycles. The molecule has 1 fully saturated rings. The van der Waals surface area contributed by atoms with Crippen molar-refractivity contribution in [3.63, 3.8) is 0 Å². The fraction of sp³-hybridized carbons (Fsp3) is 0.778. The van der Waals surface area contributed by atoms with E-state index in [0.717, 1.165) is 19.4 Å². The lowest BCUT2D eigenvalue weighted by molar-refractivity contribution is -0.140. The maximum Gasteiger partial charge on any atom is 0.320 e. The van der Waals surface area contributed by atoms with Gasteiger partial charge in [-0.25, -0.2) is 0 Å². The summed E-state index contributed by atoms with van der Waals surface area (Å²) in [5, 5.41) is 5.79. The van der Waals surface area contributed by atoms with Crippen molar-refractivity contribution in [3.8, 4) is 0 Å². The van der Waals surface area contributed by atoms with Gasteiger partial charge < -0.3 is 15.4 Å². The monoisotopic (exact) mass is 278 g/mol. The highest BCUT2D eigenvalue weighted by Crippen LogP contribution is 2.05. The van der Waals surface area contributed by atoms with Crippen LogP contribution in [0.5, 0.6) is 0 Å². The first kappa shape index (κ1) is 12.4. The Kier molecular flexibility index (Phi) is 5.04. The van der Waals surface area contributed by atoms with Gasteiger partial charge in [0, 0.05) is 13.1 Å². The van der Waals surface area contributed by atoms with Crippen molar-refractivity contribution >= 4 is 27.8 Å². The number of esters is 1. The molecule has 15 heavy (non-hydrogen) atoms. The summed E-state index contributed by atoms with van der Waals surface area (Å²) in [6.45, 7) is 1.14. The van der Waals surface area contributed by atoms with E-state index >= 15 is 0 Å². The summed E-state index contributed by atoms with van der Waals surface area (Å²) < 4.78 is 4.55. The van der Waals surface area contributed by atoms with E-state index in [4.69, 9.17) is 0 Å². The van der Waals surface area contributed by atoms with E-state index in [1.54, 1.807) is 0 Å². The highest BCUT2D eigenvalue weighted by molar-refractivity contribution is 9.10. The predicted molar refractivity (Wildman–Crippen MR) is 58.8 cm³/mol. The van der Waals surface area contributed by atoms with Gasteiger partial charge in [-0.2, -0.15) is 0 Å². The number of carbonyl (C=O) groups excluding carboxylic acids is 2. The molecule has 0 saturated carbocycles. The lowest BCUT2D eigenvalue weighted by Gasteiger charge is -2.23. The molecule has 5 nitrogen and oxygen atoms in total. The normalized spacial score (nSPS) is 23.1. The standard InChI is InChI=1S/C9H15BrN2O3/c1-15-9(14)6(10)5-12-7-3-2-4-11-8(7)13/h6-7,12H,2-5H2,1H3,(H,11,13). The van der Waals surface area contributed by atoms with Crippen LogP contribution in [0.25, 0.3) is 0 Å². The Morgan fingerprint density at radius 1 is 1.80 bits per heavy atom. The second-order valence-corrected chi connectivity index (χ2v) is 4.49. The molecule has 0 aromatic rings. The number of methoxy groups -OCH3 is 1. The van der Waals surface area contributed by atoms with Crippen molar-refractivity contribution in [1.82, 2.24) is 10.6 Å². The number of rotatable bonds is 4. The molecule has 1 rings (SSSR count). The van der Waals surface area contributed by atoms with E-state index in [9.17, 15) is 9.59 Å². The molecular weight excluding hydrogens is 264 g/mol. The third-order valence-corrected chi connectivity index (χ3v) is 2.98. The molecule has 86 valence electrons. The summed E-state index contributed by atoms with van der Waals surface area (Å²) in [6.07, 6.45) is 1.78. The number of amides is 1. The predicted octanol–water partition coefficient (Wildman–Crippen LogP) is -0.209. The molecule has 0 aliphatic carbocycles. The van der Waals surface area contributed by atoms with Gasteiger partial charge in [0.2, 0.25) is 5.91 Å². The summed E-state index contributed by atoms with van der Waals surface area (Å²) in [4.78, 5) is 22.0. The SMILES string of the molecule is COC(=O)C(Br)CNC1CCCNC1=O. The van der Waals surface area contributed by atoms with E-state index in [0.29, 0.717) is 6.54 Å². The Labute approximate surface area is 97.1 Å². The van der Waals surface area contributed by atoms with E-state index in [2.05, 4.69) is 31.3 Å². The van der Waals surface area contributed by atoms with E-state index in [-0.39, 0.29) is 17.9 Å². The van der Waals surface area contributed by atoms with Crippen LogP contribution in [0.15, 0.2) is 0 Å². The molecule has 0 bridgehead atoms. The molecule has 6 heteroatoms. The molecule has 0 spiro atoms. The maximum atomic E-state index is 11.3.